The first-order chi connectivity index (χ1) is 5.61. The molecule has 0 aliphatic heterocycles. The van der Waals surface area contributed by atoms with Crippen LogP contribution in [-0.4, -0.2) is 4.92 Å². The molecule has 0 saturated heterocycles. The molecule has 0 aliphatic carbocycles. The molecular weight excluding hydrogens is 156 g/mol. The summed E-state index contributed by atoms with van der Waals surface area (Å²) in [6.07, 6.45) is 0. The number of nitrogens with zero attached hydrogens (tertiary/aromatic N) is 1. The zero-order valence-corrected chi connectivity index (χ0v) is 6.73. The highest BCUT2D eigenvalue weighted by Gasteiger charge is 2.14. The smallest absolute Gasteiger partial charge is 0.235 e. The van der Waals surface area contributed by atoms with Gasteiger partial charge in [0.2, 0.25) is 6.04 Å². The van der Waals surface area contributed by atoms with Crippen LogP contribution in [0.3, 0.4) is 0 Å². The normalized spacial score (nSPS) is 12.4. The predicted molar refractivity (Wildman–Crippen MR) is 46.3 cm³/mol. The highest BCUT2D eigenvalue weighted by molar-refractivity contribution is 5.41. The first kappa shape index (κ1) is 8.52. The summed E-state index contributed by atoms with van der Waals surface area (Å²) in [6, 6.07) is 6.05. The minimum Gasteiger partial charge on any atom is -0.399 e. The third-order valence-corrected chi connectivity index (χ3v) is 1.71. The zero-order valence-electron chi connectivity index (χ0n) is 6.73. The van der Waals surface area contributed by atoms with E-state index in [0.29, 0.717) is 11.3 Å². The molecule has 4 nitrogen and oxygen atoms in total. The molecule has 0 aromatic heterocycles. The number of anilines is 1. The molecule has 1 atom stereocenters. The summed E-state index contributed by atoms with van der Waals surface area (Å²) in [5.74, 6) is 0. The molecule has 12 heavy (non-hydrogen) atoms. The van der Waals surface area contributed by atoms with Gasteiger partial charge in [0, 0.05) is 23.1 Å². The van der Waals surface area contributed by atoms with E-state index in [0.717, 1.165) is 0 Å². The van der Waals surface area contributed by atoms with Crippen molar-refractivity contribution in [3.8, 4) is 0 Å². The monoisotopic (exact) mass is 166 g/mol. The van der Waals surface area contributed by atoms with Crippen molar-refractivity contribution in [2.45, 2.75) is 13.0 Å². The molecule has 0 spiro atoms. The van der Waals surface area contributed by atoms with Gasteiger partial charge < -0.3 is 5.73 Å². The van der Waals surface area contributed by atoms with Crippen molar-refractivity contribution in [2.75, 3.05) is 5.73 Å². The first-order valence-corrected chi connectivity index (χ1v) is 3.60. The number of nitrogen functional groups attached to an aromatic ring is 1. The molecule has 1 unspecified atom stereocenters. The van der Waals surface area contributed by atoms with E-state index in [1.165, 1.54) is 6.92 Å². The zero-order chi connectivity index (χ0) is 9.14. The largest absolute Gasteiger partial charge is 0.399 e. The molecule has 4 heteroatoms. The highest BCUT2D eigenvalue weighted by Crippen LogP contribution is 2.17. The number of nitro groups is 1. The number of nitrogens with two attached hydrogens (primary N) is 1. The lowest BCUT2D eigenvalue weighted by Crippen LogP contribution is -2.05. The molecule has 1 aromatic carbocycles. The molecule has 1 aromatic rings. The van der Waals surface area contributed by atoms with Gasteiger partial charge in [0.15, 0.2) is 0 Å². The molecule has 0 fully saturated rings. The maximum atomic E-state index is 10.4. The van der Waals surface area contributed by atoms with E-state index in [1.54, 1.807) is 24.3 Å². The molecule has 0 saturated carbocycles. The van der Waals surface area contributed by atoms with Crippen LogP contribution in [0, 0.1) is 10.1 Å². The van der Waals surface area contributed by atoms with Gasteiger partial charge in [0.25, 0.3) is 0 Å². The standard InChI is InChI=1S/C8H10N2O2/c1-6(10(11)12)7-3-2-4-8(9)5-7/h2-6H,9H2,1H3. The van der Waals surface area contributed by atoms with Crippen molar-refractivity contribution in [3.63, 3.8) is 0 Å². The summed E-state index contributed by atoms with van der Waals surface area (Å²) >= 11 is 0. The minimum atomic E-state index is -0.687. The van der Waals surface area contributed by atoms with Crippen LogP contribution in [0.5, 0.6) is 0 Å². The molecule has 0 bridgehead atoms. The van der Waals surface area contributed by atoms with E-state index < -0.39 is 6.04 Å². The van der Waals surface area contributed by atoms with Gasteiger partial charge in [0.05, 0.1) is 0 Å². The van der Waals surface area contributed by atoms with E-state index >= 15 is 0 Å². The van der Waals surface area contributed by atoms with E-state index in [1.807, 2.05) is 0 Å². The van der Waals surface area contributed by atoms with E-state index in [4.69, 9.17) is 5.73 Å². The highest BCUT2D eigenvalue weighted by atomic mass is 16.6. The second kappa shape index (κ2) is 3.21. The van der Waals surface area contributed by atoms with Gasteiger partial charge in [-0.3, -0.25) is 10.1 Å². The minimum absolute atomic E-state index is 0.339. The summed E-state index contributed by atoms with van der Waals surface area (Å²) in [4.78, 5) is 10.0. The Bertz CT molecular complexity index is 299. The Balaban J connectivity index is 2.95. The number of hydrogen-bond donors (Lipinski definition) is 1. The van der Waals surface area contributed by atoms with Crippen molar-refractivity contribution >= 4 is 5.69 Å². The van der Waals surface area contributed by atoms with Crippen molar-refractivity contribution in [3.05, 3.63) is 39.9 Å². The van der Waals surface area contributed by atoms with Crippen LogP contribution in [0.1, 0.15) is 18.5 Å². The molecule has 0 radical (unpaired) electrons. The van der Waals surface area contributed by atoms with Crippen LogP contribution in [0.25, 0.3) is 0 Å². The van der Waals surface area contributed by atoms with Gasteiger partial charge in [-0.25, -0.2) is 0 Å². The lowest BCUT2D eigenvalue weighted by atomic mass is 10.1. The van der Waals surface area contributed by atoms with Gasteiger partial charge in [-0.2, -0.15) is 0 Å². The van der Waals surface area contributed by atoms with Crippen LogP contribution in [0.4, 0.5) is 5.69 Å². The summed E-state index contributed by atoms with van der Waals surface area (Å²) in [5.41, 5.74) is 6.67. The van der Waals surface area contributed by atoms with E-state index in [9.17, 15) is 10.1 Å². The Morgan fingerprint density at radius 3 is 2.75 bits per heavy atom. The predicted octanol–water partition coefficient (Wildman–Crippen LogP) is 1.61. The van der Waals surface area contributed by atoms with Crippen molar-refractivity contribution in [1.82, 2.24) is 0 Å². The molecule has 0 amide bonds. The summed E-state index contributed by atoms with van der Waals surface area (Å²) in [7, 11) is 0. The van der Waals surface area contributed by atoms with Crippen LogP contribution in [0.2, 0.25) is 0 Å². The second-order valence-corrected chi connectivity index (χ2v) is 2.63. The second-order valence-electron chi connectivity index (χ2n) is 2.63. The molecule has 0 aliphatic rings. The molecule has 0 heterocycles. The number of rotatable bonds is 2. The summed E-state index contributed by atoms with van der Waals surface area (Å²) in [6.45, 7) is 1.54. The van der Waals surface area contributed by atoms with Crippen LogP contribution < -0.4 is 5.73 Å². The Hall–Kier alpha value is -1.58. The Morgan fingerprint density at radius 2 is 2.25 bits per heavy atom. The van der Waals surface area contributed by atoms with Gasteiger partial charge in [-0.05, 0) is 12.1 Å². The molecular formula is C8H10N2O2. The lowest BCUT2D eigenvalue weighted by molar-refractivity contribution is -0.524. The molecule has 1 rings (SSSR count). The maximum absolute atomic E-state index is 10.4. The average molecular weight is 166 g/mol. The Kier molecular flexibility index (Phi) is 2.28. The van der Waals surface area contributed by atoms with Crippen LogP contribution in [0.15, 0.2) is 24.3 Å². The quantitative estimate of drug-likeness (QED) is 0.412. The topological polar surface area (TPSA) is 69.2 Å². The fourth-order valence-electron chi connectivity index (χ4n) is 0.941. The van der Waals surface area contributed by atoms with Crippen LogP contribution >= 0.6 is 0 Å². The molecule has 64 valence electrons. The fraction of sp³-hybridized carbons (Fsp3) is 0.250. The van der Waals surface area contributed by atoms with E-state index in [-0.39, 0.29) is 4.92 Å². The molecule has 2 N–H and O–H groups in total. The van der Waals surface area contributed by atoms with Crippen molar-refractivity contribution < 1.29 is 4.92 Å². The maximum Gasteiger partial charge on any atom is 0.235 e. The summed E-state index contributed by atoms with van der Waals surface area (Å²) < 4.78 is 0. The Morgan fingerprint density at radius 1 is 1.58 bits per heavy atom. The van der Waals surface area contributed by atoms with E-state index in [2.05, 4.69) is 0 Å². The van der Waals surface area contributed by atoms with Crippen molar-refractivity contribution in [2.24, 2.45) is 0 Å². The lowest BCUT2D eigenvalue weighted by Gasteiger charge is -2.03. The van der Waals surface area contributed by atoms with Gasteiger partial charge in [0.1, 0.15) is 0 Å². The third kappa shape index (κ3) is 1.72. The van der Waals surface area contributed by atoms with Crippen molar-refractivity contribution in [1.29, 1.82) is 0 Å². The first-order valence-electron chi connectivity index (χ1n) is 3.60. The van der Waals surface area contributed by atoms with Crippen LogP contribution in [-0.2, 0) is 0 Å². The van der Waals surface area contributed by atoms with Gasteiger partial charge >= 0.3 is 0 Å². The van der Waals surface area contributed by atoms with Gasteiger partial charge in [-0.15, -0.1) is 0 Å². The third-order valence-electron chi connectivity index (χ3n) is 1.71. The number of hydrogen-bond acceptors (Lipinski definition) is 3. The fourth-order valence-corrected chi connectivity index (χ4v) is 0.941. The number of benzene rings is 1. The average Bonchev–Trinajstić information content (AvgIpc) is 2.03. The van der Waals surface area contributed by atoms with Gasteiger partial charge in [-0.1, -0.05) is 12.1 Å². The SMILES string of the molecule is CC(c1cccc(N)c1)[N+](=O)[O-]. The Labute approximate surface area is 70.2 Å². The summed E-state index contributed by atoms with van der Waals surface area (Å²) in [5, 5.41) is 10.4.